The van der Waals surface area contributed by atoms with Crippen LogP contribution in [0.4, 0.5) is 0 Å². The zero-order valence-corrected chi connectivity index (χ0v) is 13.4. The maximum atomic E-state index is 6.04. The molecule has 2 aliphatic rings. The Morgan fingerprint density at radius 1 is 1.20 bits per heavy atom. The van der Waals surface area contributed by atoms with Crippen LogP contribution in [0.1, 0.15) is 39.5 Å². The fourth-order valence-electron chi connectivity index (χ4n) is 3.70. The second kappa shape index (κ2) is 8.16. The van der Waals surface area contributed by atoms with Crippen molar-refractivity contribution in [2.45, 2.75) is 51.7 Å². The van der Waals surface area contributed by atoms with Crippen LogP contribution in [-0.4, -0.2) is 61.3 Å². The molecule has 2 aliphatic heterocycles. The summed E-state index contributed by atoms with van der Waals surface area (Å²) in [6.07, 6.45) is 7.53. The lowest BCUT2D eigenvalue weighted by molar-refractivity contribution is -0.0672. The second-order valence-electron chi connectivity index (χ2n) is 6.32. The van der Waals surface area contributed by atoms with Crippen LogP contribution in [-0.2, 0) is 4.74 Å². The van der Waals surface area contributed by atoms with Gasteiger partial charge in [-0.25, -0.2) is 0 Å². The van der Waals surface area contributed by atoms with Crippen molar-refractivity contribution in [3.8, 4) is 0 Å². The Bertz CT molecular complexity index is 291. The van der Waals surface area contributed by atoms with Gasteiger partial charge < -0.3 is 9.64 Å². The second-order valence-corrected chi connectivity index (χ2v) is 6.32. The Kier molecular flexibility index (Phi) is 6.53. The molecule has 0 aliphatic carbocycles. The maximum Gasteiger partial charge on any atom is 0.0743 e. The van der Waals surface area contributed by atoms with E-state index in [1.165, 1.54) is 45.3 Å². The molecule has 0 aromatic rings. The highest BCUT2D eigenvalue weighted by Gasteiger charge is 2.34. The van der Waals surface area contributed by atoms with Crippen molar-refractivity contribution in [3.05, 3.63) is 12.7 Å². The summed E-state index contributed by atoms with van der Waals surface area (Å²) in [4.78, 5) is 5.24. The van der Waals surface area contributed by atoms with Gasteiger partial charge in [0, 0.05) is 32.2 Å². The normalized spacial score (nSPS) is 29.1. The number of hydrogen-bond acceptors (Lipinski definition) is 3. The Balaban J connectivity index is 1.91. The molecule has 3 nitrogen and oxygen atoms in total. The Labute approximate surface area is 125 Å². The predicted molar refractivity (Wildman–Crippen MR) is 85.0 cm³/mol. The van der Waals surface area contributed by atoms with E-state index in [0.29, 0.717) is 12.1 Å². The first-order chi connectivity index (χ1) is 9.78. The van der Waals surface area contributed by atoms with E-state index in [-0.39, 0.29) is 0 Å². The van der Waals surface area contributed by atoms with Gasteiger partial charge in [-0.1, -0.05) is 32.8 Å². The van der Waals surface area contributed by atoms with Gasteiger partial charge in [0.1, 0.15) is 0 Å². The molecule has 3 heteroatoms. The average Bonchev–Trinajstić information content (AvgIpc) is 2.68. The summed E-state index contributed by atoms with van der Waals surface area (Å²) in [5, 5.41) is 0. The molecule has 2 atom stereocenters. The number of morpholine rings is 1. The Morgan fingerprint density at radius 3 is 2.65 bits per heavy atom. The lowest BCUT2D eigenvalue weighted by Crippen LogP contribution is -2.51. The van der Waals surface area contributed by atoms with Crippen LogP contribution in [0.3, 0.4) is 0 Å². The van der Waals surface area contributed by atoms with Gasteiger partial charge in [-0.05, 0) is 25.3 Å². The van der Waals surface area contributed by atoms with Gasteiger partial charge in [0.15, 0.2) is 0 Å². The lowest BCUT2D eigenvalue weighted by atomic mass is 10.0. The van der Waals surface area contributed by atoms with Crippen LogP contribution in [0, 0.1) is 5.92 Å². The third-order valence-electron chi connectivity index (χ3n) is 5.11. The van der Waals surface area contributed by atoms with Crippen molar-refractivity contribution >= 4 is 0 Å². The summed E-state index contributed by atoms with van der Waals surface area (Å²) in [6, 6.07) is 0.605. The highest BCUT2D eigenvalue weighted by Crippen LogP contribution is 2.24. The summed E-state index contributed by atoms with van der Waals surface area (Å²) in [7, 11) is 0. The summed E-state index contributed by atoms with van der Waals surface area (Å²) >= 11 is 0. The average molecular weight is 280 g/mol. The summed E-state index contributed by atoms with van der Waals surface area (Å²) in [6.45, 7) is 15.2. The first-order valence-corrected chi connectivity index (χ1v) is 8.47. The van der Waals surface area contributed by atoms with Crippen molar-refractivity contribution in [2.75, 3.05) is 39.3 Å². The van der Waals surface area contributed by atoms with E-state index >= 15 is 0 Å². The first-order valence-electron chi connectivity index (χ1n) is 8.47. The van der Waals surface area contributed by atoms with Crippen LogP contribution >= 0.6 is 0 Å². The van der Waals surface area contributed by atoms with Crippen molar-refractivity contribution < 1.29 is 4.74 Å². The number of ether oxygens (including phenoxy) is 1. The van der Waals surface area contributed by atoms with Gasteiger partial charge in [0.2, 0.25) is 0 Å². The van der Waals surface area contributed by atoms with Crippen molar-refractivity contribution in [2.24, 2.45) is 5.92 Å². The molecule has 0 spiro atoms. The zero-order valence-electron chi connectivity index (χ0n) is 13.4. The molecule has 0 radical (unpaired) electrons. The van der Waals surface area contributed by atoms with Gasteiger partial charge >= 0.3 is 0 Å². The van der Waals surface area contributed by atoms with E-state index in [1.54, 1.807) is 0 Å². The van der Waals surface area contributed by atoms with Gasteiger partial charge in [0.25, 0.3) is 0 Å². The number of rotatable bonds is 6. The zero-order chi connectivity index (χ0) is 14.4. The van der Waals surface area contributed by atoms with E-state index in [4.69, 9.17) is 4.74 Å². The SMILES string of the molecule is C=CCN1CCOC2CCN(CC(CC)CC)CCC21. The highest BCUT2D eigenvalue weighted by molar-refractivity contribution is 4.90. The third kappa shape index (κ3) is 4.06. The summed E-state index contributed by atoms with van der Waals surface area (Å²) in [5.74, 6) is 0.861. The van der Waals surface area contributed by atoms with E-state index < -0.39 is 0 Å². The molecular weight excluding hydrogens is 248 g/mol. The fraction of sp³-hybridized carbons (Fsp3) is 0.882. The molecule has 2 unspecified atom stereocenters. The molecule has 0 aromatic heterocycles. The van der Waals surface area contributed by atoms with E-state index in [0.717, 1.165) is 25.6 Å². The van der Waals surface area contributed by atoms with Gasteiger partial charge in [-0.15, -0.1) is 6.58 Å². The van der Waals surface area contributed by atoms with Crippen LogP contribution in [0.5, 0.6) is 0 Å². The number of fused-ring (bicyclic) bond motifs is 1. The van der Waals surface area contributed by atoms with Gasteiger partial charge in [-0.2, -0.15) is 0 Å². The van der Waals surface area contributed by atoms with Crippen LogP contribution < -0.4 is 0 Å². The molecular formula is C17H32N2O. The smallest absolute Gasteiger partial charge is 0.0743 e. The van der Waals surface area contributed by atoms with Crippen molar-refractivity contribution in [1.29, 1.82) is 0 Å². The van der Waals surface area contributed by atoms with Crippen molar-refractivity contribution in [3.63, 3.8) is 0 Å². The monoisotopic (exact) mass is 280 g/mol. The van der Waals surface area contributed by atoms with E-state index in [1.807, 2.05) is 6.08 Å². The summed E-state index contributed by atoms with van der Waals surface area (Å²) < 4.78 is 6.04. The minimum Gasteiger partial charge on any atom is -0.375 e. The summed E-state index contributed by atoms with van der Waals surface area (Å²) in [5.41, 5.74) is 0. The molecule has 2 heterocycles. The Hall–Kier alpha value is -0.380. The maximum absolute atomic E-state index is 6.04. The highest BCUT2D eigenvalue weighted by atomic mass is 16.5. The molecule has 0 saturated carbocycles. The van der Waals surface area contributed by atoms with Gasteiger partial charge in [-0.3, -0.25) is 4.90 Å². The number of hydrogen-bond donors (Lipinski definition) is 0. The fourth-order valence-corrected chi connectivity index (χ4v) is 3.70. The van der Waals surface area contributed by atoms with Crippen LogP contribution in [0.2, 0.25) is 0 Å². The first kappa shape index (κ1) is 16.0. The molecule has 0 N–H and O–H groups in total. The topological polar surface area (TPSA) is 15.7 Å². The minimum absolute atomic E-state index is 0.440. The molecule has 0 amide bonds. The molecule has 2 fully saturated rings. The van der Waals surface area contributed by atoms with Crippen molar-refractivity contribution in [1.82, 2.24) is 9.80 Å². The standard InChI is InChI=1S/C17H32N2O/c1-4-9-19-12-13-20-17-8-11-18(10-7-16(17)19)14-15(5-2)6-3/h4,15-17H,1,5-14H2,2-3H3. The van der Waals surface area contributed by atoms with E-state index in [9.17, 15) is 0 Å². The number of nitrogens with zero attached hydrogens (tertiary/aromatic N) is 2. The molecule has 116 valence electrons. The van der Waals surface area contributed by atoms with Crippen LogP contribution in [0.25, 0.3) is 0 Å². The third-order valence-corrected chi connectivity index (χ3v) is 5.11. The number of likely N-dealkylation sites (tertiary alicyclic amines) is 1. The molecule has 2 saturated heterocycles. The Morgan fingerprint density at radius 2 is 1.95 bits per heavy atom. The van der Waals surface area contributed by atoms with E-state index in [2.05, 4.69) is 30.2 Å². The molecule has 2 rings (SSSR count). The quantitative estimate of drug-likeness (QED) is 0.696. The largest absolute Gasteiger partial charge is 0.375 e. The lowest BCUT2D eigenvalue weighted by Gasteiger charge is -2.39. The minimum atomic E-state index is 0.440. The molecule has 0 aromatic carbocycles. The molecule has 20 heavy (non-hydrogen) atoms. The predicted octanol–water partition coefficient (Wildman–Crippen LogP) is 2.77. The van der Waals surface area contributed by atoms with Gasteiger partial charge in [0.05, 0.1) is 12.7 Å². The van der Waals surface area contributed by atoms with Crippen LogP contribution in [0.15, 0.2) is 12.7 Å². The molecule has 0 bridgehead atoms.